The molecule has 0 saturated carbocycles. The van der Waals surface area contributed by atoms with Gasteiger partial charge < -0.3 is 0 Å². The molecule has 0 unspecified atom stereocenters. The lowest BCUT2D eigenvalue weighted by atomic mass is 9.66. The monoisotopic (exact) mass is 328 g/mol. The molecule has 0 aromatic rings. The second-order valence-electron chi connectivity index (χ2n) is 6.12. The van der Waals surface area contributed by atoms with E-state index in [-0.39, 0.29) is 36.6 Å². The van der Waals surface area contributed by atoms with Gasteiger partial charge in [-0.3, -0.25) is 14.4 Å². The lowest BCUT2D eigenvalue weighted by Gasteiger charge is -2.34. The van der Waals surface area contributed by atoms with E-state index in [9.17, 15) is 14.4 Å². The second kappa shape index (κ2) is 9.96. The number of hydrogen-bond acceptors (Lipinski definition) is 3. The van der Waals surface area contributed by atoms with Gasteiger partial charge in [-0.2, -0.15) is 0 Å². The van der Waals surface area contributed by atoms with Crippen molar-refractivity contribution < 1.29 is 14.4 Å². The van der Waals surface area contributed by atoms with Gasteiger partial charge in [0.2, 0.25) is 0 Å². The Morgan fingerprint density at radius 1 is 0.917 bits per heavy atom. The van der Waals surface area contributed by atoms with Gasteiger partial charge in [-0.05, 0) is 45.6 Å². The molecule has 0 aliphatic heterocycles. The summed E-state index contributed by atoms with van der Waals surface area (Å²) in [6, 6.07) is 0. The first kappa shape index (κ1) is 20.0. The summed E-state index contributed by atoms with van der Waals surface area (Å²) in [5.74, 6) is -0.131. The molecule has 0 aromatic heterocycles. The molecule has 0 atom stereocenters. The molecule has 0 heterocycles. The summed E-state index contributed by atoms with van der Waals surface area (Å²) in [6.07, 6.45) is 14.9. The maximum atomic E-state index is 12.8. The molecular formula is C21H28O3. The van der Waals surface area contributed by atoms with Gasteiger partial charge in [0, 0.05) is 19.3 Å². The van der Waals surface area contributed by atoms with E-state index in [0.29, 0.717) is 24.8 Å². The fourth-order valence-corrected chi connectivity index (χ4v) is 3.02. The molecule has 24 heavy (non-hydrogen) atoms. The van der Waals surface area contributed by atoms with Crippen molar-refractivity contribution >= 4 is 17.3 Å². The molecular weight excluding hydrogens is 300 g/mol. The van der Waals surface area contributed by atoms with Gasteiger partial charge in [-0.25, -0.2) is 0 Å². The minimum Gasteiger partial charge on any atom is -0.298 e. The maximum absolute atomic E-state index is 12.8. The van der Waals surface area contributed by atoms with Crippen LogP contribution in [0.25, 0.3) is 0 Å². The summed E-state index contributed by atoms with van der Waals surface area (Å²) in [4.78, 5) is 38.0. The van der Waals surface area contributed by atoms with Crippen LogP contribution < -0.4 is 0 Å². The third-order valence-electron chi connectivity index (χ3n) is 4.50. The van der Waals surface area contributed by atoms with Gasteiger partial charge >= 0.3 is 0 Å². The lowest BCUT2D eigenvalue weighted by Crippen LogP contribution is -2.41. The average Bonchev–Trinajstić information content (AvgIpc) is 2.61. The molecule has 3 nitrogen and oxygen atoms in total. The molecule has 0 saturated heterocycles. The van der Waals surface area contributed by atoms with Crippen LogP contribution in [0, 0.1) is 5.41 Å². The van der Waals surface area contributed by atoms with Crippen molar-refractivity contribution in [2.45, 2.75) is 59.3 Å². The number of rotatable bonds is 9. The Morgan fingerprint density at radius 3 is 1.92 bits per heavy atom. The zero-order chi connectivity index (χ0) is 18.0. The van der Waals surface area contributed by atoms with Crippen LogP contribution in [0.4, 0.5) is 0 Å². The highest BCUT2D eigenvalue weighted by Gasteiger charge is 2.45. The van der Waals surface area contributed by atoms with E-state index in [1.807, 2.05) is 51.2 Å². The average molecular weight is 328 g/mol. The number of ketones is 3. The molecule has 0 bridgehead atoms. The first-order valence-corrected chi connectivity index (χ1v) is 8.64. The normalized spacial score (nSPS) is 21.5. The van der Waals surface area contributed by atoms with Crippen LogP contribution in [0.5, 0.6) is 0 Å². The van der Waals surface area contributed by atoms with Crippen molar-refractivity contribution in [3.05, 3.63) is 48.1 Å². The molecule has 1 rings (SSSR count). The Labute approximate surface area is 145 Å². The van der Waals surface area contributed by atoms with E-state index in [1.165, 1.54) is 0 Å². The number of Topliss-reactive ketones (excluding diaryl/α,β-unsaturated/α-hetero) is 3. The standard InChI is InChI=1S/C21H28O3/c1-4-7-12-18(22)17-11-10-15-21(16-17,19(23)13-8-5-2)20(24)14-9-6-3/h4-9,11H,10,12-16H2,1-3H3. The van der Waals surface area contributed by atoms with Crippen molar-refractivity contribution in [2.24, 2.45) is 5.41 Å². The van der Waals surface area contributed by atoms with Gasteiger partial charge in [0.05, 0.1) is 5.41 Å². The maximum Gasteiger partial charge on any atom is 0.162 e. The van der Waals surface area contributed by atoms with Crippen LogP contribution in [-0.2, 0) is 14.4 Å². The van der Waals surface area contributed by atoms with Crippen LogP contribution in [0.15, 0.2) is 48.1 Å². The summed E-state index contributed by atoms with van der Waals surface area (Å²) >= 11 is 0. The minimum absolute atomic E-state index is 0.00911. The summed E-state index contributed by atoms with van der Waals surface area (Å²) in [6.45, 7) is 5.58. The first-order valence-electron chi connectivity index (χ1n) is 8.64. The minimum atomic E-state index is -1.05. The van der Waals surface area contributed by atoms with Crippen molar-refractivity contribution in [3.8, 4) is 0 Å². The van der Waals surface area contributed by atoms with E-state index in [4.69, 9.17) is 0 Å². The van der Waals surface area contributed by atoms with Crippen molar-refractivity contribution in [2.75, 3.05) is 0 Å². The lowest BCUT2D eigenvalue weighted by molar-refractivity contribution is -0.140. The SMILES string of the molecule is CC=CCC(=O)C1=CCCC(C(=O)CC=CC)(C(=O)CC=CC)C1. The predicted octanol–water partition coefficient (Wildman–Crippen LogP) is 4.69. The highest BCUT2D eigenvalue weighted by atomic mass is 16.2. The molecule has 0 amide bonds. The van der Waals surface area contributed by atoms with Gasteiger partial charge in [-0.1, -0.05) is 42.5 Å². The first-order chi connectivity index (χ1) is 11.5. The van der Waals surface area contributed by atoms with E-state index < -0.39 is 5.41 Å². The summed E-state index contributed by atoms with van der Waals surface area (Å²) in [5.41, 5.74) is -0.420. The fourth-order valence-electron chi connectivity index (χ4n) is 3.02. The third kappa shape index (κ3) is 4.98. The quantitative estimate of drug-likeness (QED) is 0.456. The molecule has 1 aliphatic carbocycles. The number of carbonyl (C=O) groups is 3. The van der Waals surface area contributed by atoms with Crippen LogP contribution in [-0.4, -0.2) is 17.3 Å². The Morgan fingerprint density at radius 2 is 1.42 bits per heavy atom. The van der Waals surface area contributed by atoms with Crippen molar-refractivity contribution in [3.63, 3.8) is 0 Å². The zero-order valence-corrected chi connectivity index (χ0v) is 15.0. The largest absolute Gasteiger partial charge is 0.298 e. The summed E-state index contributed by atoms with van der Waals surface area (Å²) in [7, 11) is 0. The molecule has 0 radical (unpaired) electrons. The zero-order valence-electron chi connectivity index (χ0n) is 15.0. The van der Waals surface area contributed by atoms with Crippen LogP contribution >= 0.6 is 0 Å². The fraction of sp³-hybridized carbons (Fsp3) is 0.476. The number of hydrogen-bond donors (Lipinski definition) is 0. The second-order valence-corrected chi connectivity index (χ2v) is 6.12. The van der Waals surface area contributed by atoms with Crippen LogP contribution in [0.3, 0.4) is 0 Å². The molecule has 0 N–H and O–H groups in total. The Hall–Kier alpha value is -2.03. The summed E-state index contributed by atoms with van der Waals surface area (Å²) in [5, 5.41) is 0. The molecule has 0 aromatic carbocycles. The highest BCUT2D eigenvalue weighted by molar-refractivity contribution is 6.10. The molecule has 0 spiro atoms. The Bertz CT molecular complexity index is 562. The van der Waals surface area contributed by atoms with E-state index in [0.717, 1.165) is 0 Å². The van der Waals surface area contributed by atoms with Gasteiger partial charge in [0.1, 0.15) is 0 Å². The van der Waals surface area contributed by atoms with Gasteiger partial charge in [0.15, 0.2) is 17.3 Å². The highest BCUT2D eigenvalue weighted by Crippen LogP contribution is 2.40. The number of allylic oxidation sites excluding steroid dienone is 8. The van der Waals surface area contributed by atoms with Gasteiger partial charge in [-0.15, -0.1) is 0 Å². The topological polar surface area (TPSA) is 51.2 Å². The number of carbonyl (C=O) groups excluding carboxylic acids is 3. The third-order valence-corrected chi connectivity index (χ3v) is 4.50. The van der Waals surface area contributed by atoms with Gasteiger partial charge in [0.25, 0.3) is 0 Å². The smallest absolute Gasteiger partial charge is 0.162 e. The molecule has 0 fully saturated rings. The Kier molecular flexibility index (Phi) is 8.31. The predicted molar refractivity (Wildman–Crippen MR) is 97.7 cm³/mol. The van der Waals surface area contributed by atoms with E-state index in [1.54, 1.807) is 12.2 Å². The molecule has 130 valence electrons. The summed E-state index contributed by atoms with van der Waals surface area (Å²) < 4.78 is 0. The van der Waals surface area contributed by atoms with Crippen LogP contribution in [0.1, 0.15) is 59.3 Å². The van der Waals surface area contributed by atoms with E-state index in [2.05, 4.69) is 0 Å². The Balaban J connectivity index is 3.10. The van der Waals surface area contributed by atoms with E-state index >= 15 is 0 Å². The molecule has 3 heteroatoms. The molecule has 1 aliphatic rings. The van der Waals surface area contributed by atoms with Crippen molar-refractivity contribution in [1.82, 2.24) is 0 Å². The van der Waals surface area contributed by atoms with Crippen molar-refractivity contribution in [1.29, 1.82) is 0 Å². The van der Waals surface area contributed by atoms with Crippen LogP contribution in [0.2, 0.25) is 0 Å².